The molecule has 102 valence electrons. The van der Waals surface area contributed by atoms with Crippen LogP contribution in [-0.4, -0.2) is 11.7 Å². The zero-order chi connectivity index (χ0) is 13.9. The molecule has 2 aromatic carbocycles. The molecule has 1 aliphatic rings. The minimum Gasteiger partial charge on any atom is -0.332 e. The van der Waals surface area contributed by atoms with Crippen molar-refractivity contribution in [2.75, 3.05) is 16.8 Å². The second-order valence-corrected chi connectivity index (χ2v) is 5.64. The highest BCUT2D eigenvalue weighted by Gasteiger charge is 2.19. The van der Waals surface area contributed by atoms with Crippen molar-refractivity contribution in [3.63, 3.8) is 0 Å². The number of hydrogen-bond acceptors (Lipinski definition) is 1. The molecule has 1 aliphatic heterocycles. The normalized spacial score (nSPS) is 13.8. The zero-order valence-corrected chi connectivity index (χ0v) is 12.5. The van der Waals surface area contributed by atoms with Crippen LogP contribution >= 0.6 is 23.8 Å². The Balaban J connectivity index is 1.80. The highest BCUT2D eigenvalue weighted by atomic mass is 35.5. The second-order valence-electron chi connectivity index (χ2n) is 4.82. The monoisotopic (exact) mass is 302 g/mol. The first-order valence-corrected chi connectivity index (χ1v) is 7.45. The van der Waals surface area contributed by atoms with E-state index in [-0.39, 0.29) is 0 Å². The lowest BCUT2D eigenvalue weighted by molar-refractivity contribution is 0.781. The summed E-state index contributed by atoms with van der Waals surface area (Å²) in [7, 11) is 0. The van der Waals surface area contributed by atoms with E-state index >= 15 is 0 Å². The van der Waals surface area contributed by atoms with Gasteiger partial charge < -0.3 is 10.2 Å². The van der Waals surface area contributed by atoms with Crippen LogP contribution < -0.4 is 10.2 Å². The molecule has 0 bridgehead atoms. The molecule has 1 heterocycles. The number of nitrogens with one attached hydrogen (secondary N) is 1. The third-order valence-corrected chi connectivity index (χ3v) is 4.03. The molecule has 0 fully saturated rings. The van der Waals surface area contributed by atoms with Crippen molar-refractivity contribution in [1.29, 1.82) is 0 Å². The minimum atomic E-state index is 0.727. The largest absolute Gasteiger partial charge is 0.332 e. The molecule has 0 radical (unpaired) electrons. The van der Waals surface area contributed by atoms with E-state index in [4.69, 9.17) is 23.8 Å². The predicted molar refractivity (Wildman–Crippen MR) is 89.8 cm³/mol. The Kier molecular flexibility index (Phi) is 3.90. The summed E-state index contributed by atoms with van der Waals surface area (Å²) in [5.41, 5.74) is 3.53. The summed E-state index contributed by atoms with van der Waals surface area (Å²) in [6, 6.07) is 16.0. The number of rotatable bonds is 1. The fourth-order valence-corrected chi connectivity index (χ4v) is 2.90. The average Bonchev–Trinajstić information content (AvgIpc) is 2.49. The Morgan fingerprint density at radius 1 is 1.10 bits per heavy atom. The molecular weight excluding hydrogens is 288 g/mol. The number of fused-ring (bicyclic) bond motifs is 1. The molecule has 0 aliphatic carbocycles. The van der Waals surface area contributed by atoms with Gasteiger partial charge in [-0.3, -0.25) is 0 Å². The molecule has 0 unspecified atom stereocenters. The van der Waals surface area contributed by atoms with E-state index in [1.165, 1.54) is 11.3 Å². The molecule has 0 spiro atoms. The first kappa shape index (κ1) is 13.4. The molecule has 1 N–H and O–H groups in total. The topological polar surface area (TPSA) is 15.3 Å². The SMILES string of the molecule is S=C(Nc1ccc(Cl)cc1)N1CCCc2ccccc21. The number of anilines is 2. The van der Waals surface area contributed by atoms with E-state index in [0.717, 1.165) is 35.2 Å². The number of aryl methyl sites for hydroxylation is 1. The van der Waals surface area contributed by atoms with Crippen LogP contribution in [0.1, 0.15) is 12.0 Å². The van der Waals surface area contributed by atoms with E-state index in [1.54, 1.807) is 0 Å². The smallest absolute Gasteiger partial charge is 0.177 e. The predicted octanol–water partition coefficient (Wildman–Crippen LogP) is 4.49. The summed E-state index contributed by atoms with van der Waals surface area (Å²) in [5.74, 6) is 0. The van der Waals surface area contributed by atoms with Crippen molar-refractivity contribution in [1.82, 2.24) is 0 Å². The lowest BCUT2D eigenvalue weighted by Crippen LogP contribution is -2.38. The molecule has 2 nitrogen and oxygen atoms in total. The first-order chi connectivity index (χ1) is 9.74. The van der Waals surface area contributed by atoms with Gasteiger partial charge in [0.2, 0.25) is 0 Å². The molecular formula is C16H15ClN2S. The molecule has 2 aromatic rings. The van der Waals surface area contributed by atoms with Crippen LogP contribution in [0.15, 0.2) is 48.5 Å². The van der Waals surface area contributed by atoms with E-state index < -0.39 is 0 Å². The van der Waals surface area contributed by atoms with Gasteiger partial charge in [-0.15, -0.1) is 0 Å². The lowest BCUT2D eigenvalue weighted by atomic mass is 10.0. The summed E-state index contributed by atoms with van der Waals surface area (Å²) in [6.45, 7) is 0.955. The number of thiocarbonyl (C=S) groups is 1. The summed E-state index contributed by atoms with van der Waals surface area (Å²) in [4.78, 5) is 2.17. The van der Waals surface area contributed by atoms with E-state index in [2.05, 4.69) is 34.5 Å². The van der Waals surface area contributed by atoms with Crippen LogP contribution in [0.25, 0.3) is 0 Å². The maximum Gasteiger partial charge on any atom is 0.177 e. The molecule has 0 saturated carbocycles. The molecule has 0 saturated heterocycles. The number of nitrogens with zero attached hydrogens (tertiary/aromatic N) is 1. The molecule has 0 atom stereocenters. The lowest BCUT2D eigenvalue weighted by Gasteiger charge is -2.31. The summed E-state index contributed by atoms with van der Waals surface area (Å²) >= 11 is 11.4. The zero-order valence-electron chi connectivity index (χ0n) is 11.0. The summed E-state index contributed by atoms with van der Waals surface area (Å²) in [6.07, 6.45) is 2.25. The van der Waals surface area contributed by atoms with E-state index in [0.29, 0.717) is 0 Å². The van der Waals surface area contributed by atoms with Crippen molar-refractivity contribution in [2.24, 2.45) is 0 Å². The quantitative estimate of drug-likeness (QED) is 0.781. The first-order valence-electron chi connectivity index (χ1n) is 6.66. The number of halogens is 1. The Hall–Kier alpha value is -1.58. The van der Waals surface area contributed by atoms with Gasteiger partial charge in [0, 0.05) is 22.9 Å². The van der Waals surface area contributed by atoms with Crippen LogP contribution in [0.4, 0.5) is 11.4 Å². The maximum absolute atomic E-state index is 5.89. The van der Waals surface area contributed by atoms with Gasteiger partial charge in [-0.25, -0.2) is 0 Å². The Morgan fingerprint density at radius 2 is 1.85 bits per heavy atom. The van der Waals surface area contributed by atoms with Crippen molar-refractivity contribution in [3.8, 4) is 0 Å². The average molecular weight is 303 g/mol. The number of para-hydroxylation sites is 1. The van der Waals surface area contributed by atoms with Gasteiger partial charge in [-0.2, -0.15) is 0 Å². The van der Waals surface area contributed by atoms with Gasteiger partial charge >= 0.3 is 0 Å². The van der Waals surface area contributed by atoms with Crippen LogP contribution in [0.2, 0.25) is 5.02 Å². The van der Waals surface area contributed by atoms with Crippen LogP contribution in [0.5, 0.6) is 0 Å². The van der Waals surface area contributed by atoms with E-state index in [9.17, 15) is 0 Å². The van der Waals surface area contributed by atoms with Crippen molar-refractivity contribution in [3.05, 3.63) is 59.1 Å². The van der Waals surface area contributed by atoms with Gasteiger partial charge in [0.25, 0.3) is 0 Å². The third kappa shape index (κ3) is 2.79. The Bertz CT molecular complexity index is 625. The summed E-state index contributed by atoms with van der Waals surface area (Å²) < 4.78 is 0. The highest BCUT2D eigenvalue weighted by molar-refractivity contribution is 7.80. The van der Waals surface area contributed by atoms with Crippen LogP contribution in [0.3, 0.4) is 0 Å². The fraction of sp³-hybridized carbons (Fsp3) is 0.188. The number of benzene rings is 2. The Labute approximate surface area is 129 Å². The molecule has 20 heavy (non-hydrogen) atoms. The van der Waals surface area contributed by atoms with Crippen molar-refractivity contribution in [2.45, 2.75) is 12.8 Å². The fourth-order valence-electron chi connectivity index (χ4n) is 2.47. The molecule has 0 aromatic heterocycles. The third-order valence-electron chi connectivity index (χ3n) is 3.45. The van der Waals surface area contributed by atoms with E-state index in [1.807, 2.05) is 24.3 Å². The number of hydrogen-bond donors (Lipinski definition) is 1. The van der Waals surface area contributed by atoms with Crippen molar-refractivity contribution < 1.29 is 0 Å². The highest BCUT2D eigenvalue weighted by Crippen LogP contribution is 2.27. The minimum absolute atomic E-state index is 0.727. The van der Waals surface area contributed by atoms with Crippen molar-refractivity contribution >= 4 is 40.3 Å². The Morgan fingerprint density at radius 3 is 2.65 bits per heavy atom. The van der Waals surface area contributed by atoms with Crippen LogP contribution in [-0.2, 0) is 6.42 Å². The van der Waals surface area contributed by atoms with Gasteiger partial charge in [0.15, 0.2) is 5.11 Å². The van der Waals surface area contributed by atoms with Gasteiger partial charge in [-0.05, 0) is 61.0 Å². The standard InChI is InChI=1S/C16H15ClN2S/c17-13-7-9-14(10-8-13)18-16(20)19-11-3-5-12-4-1-2-6-15(12)19/h1-2,4,6-10H,3,5,11H2,(H,18,20). The molecule has 4 heteroatoms. The second kappa shape index (κ2) is 5.81. The van der Waals surface area contributed by atoms with Gasteiger partial charge in [0.05, 0.1) is 0 Å². The molecule has 0 amide bonds. The van der Waals surface area contributed by atoms with Gasteiger partial charge in [-0.1, -0.05) is 29.8 Å². The maximum atomic E-state index is 5.89. The summed E-state index contributed by atoms with van der Waals surface area (Å²) in [5, 5.41) is 4.74. The molecule has 3 rings (SSSR count). The van der Waals surface area contributed by atoms with Crippen LogP contribution in [0, 0.1) is 0 Å². The van der Waals surface area contributed by atoms with Gasteiger partial charge in [0.1, 0.15) is 0 Å².